The van der Waals surface area contributed by atoms with Gasteiger partial charge in [0.2, 0.25) is 0 Å². The number of nitrogens with zero attached hydrogens (tertiary/aromatic N) is 5. The van der Waals surface area contributed by atoms with E-state index in [1.165, 1.54) is 27.1 Å². The summed E-state index contributed by atoms with van der Waals surface area (Å²) in [6.07, 6.45) is 3.31. The molecule has 0 N–H and O–H groups in total. The molecule has 0 bridgehead atoms. The highest BCUT2D eigenvalue weighted by Gasteiger charge is 2.33. The van der Waals surface area contributed by atoms with Crippen molar-refractivity contribution in [3.05, 3.63) is 105 Å². The van der Waals surface area contributed by atoms with Gasteiger partial charge in [-0.05, 0) is 54.5 Å². The fourth-order valence-corrected chi connectivity index (χ4v) is 6.45. The molecule has 0 aliphatic carbocycles. The number of anilines is 2. The summed E-state index contributed by atoms with van der Waals surface area (Å²) in [6, 6.07) is 17.9. The van der Waals surface area contributed by atoms with Gasteiger partial charge in [-0.3, -0.25) is 18.9 Å². The summed E-state index contributed by atoms with van der Waals surface area (Å²) >= 11 is 6.75. The number of carbonyl (C=O) groups excluding carboxylic acids is 1. The number of ether oxygens (including phenoxy) is 1. The van der Waals surface area contributed by atoms with Gasteiger partial charge in [-0.2, -0.15) is 0 Å². The van der Waals surface area contributed by atoms with Crippen LogP contribution in [0.4, 0.5) is 15.9 Å². The lowest BCUT2D eigenvalue weighted by molar-refractivity contribution is -0.122. The maximum atomic E-state index is 14.5. The number of pyridine rings is 1. The van der Waals surface area contributed by atoms with Crippen molar-refractivity contribution in [2.24, 2.45) is 0 Å². The van der Waals surface area contributed by atoms with Gasteiger partial charge in [0.15, 0.2) is 0 Å². The standard InChI is InChI=1S/C31H28FN5O3S2/c1-20-6-5-13-36-27(20)33-28(35-16-14-34(15-17-35)25-8-4-3-7-24(25)32)23(29(36)38)18-26-30(39)37(31(41)42-26)19-21-9-11-22(40-2)12-10-21/h3-13,18H,14-17,19H2,1-2H3. The van der Waals surface area contributed by atoms with Crippen LogP contribution in [0.2, 0.25) is 0 Å². The quantitative estimate of drug-likeness (QED) is 0.229. The summed E-state index contributed by atoms with van der Waals surface area (Å²) < 4.78 is 21.6. The molecular formula is C31H28FN5O3S2. The normalized spacial score (nSPS) is 16.6. The number of piperazine rings is 1. The third kappa shape index (κ3) is 5.25. The minimum Gasteiger partial charge on any atom is -0.497 e. The summed E-state index contributed by atoms with van der Waals surface area (Å²) in [4.78, 5) is 38.3. The van der Waals surface area contributed by atoms with E-state index in [9.17, 15) is 14.0 Å². The molecule has 0 radical (unpaired) electrons. The summed E-state index contributed by atoms with van der Waals surface area (Å²) in [5, 5.41) is 0. The fraction of sp³-hybridized carbons (Fsp3) is 0.226. The van der Waals surface area contributed by atoms with Crippen molar-refractivity contribution in [2.45, 2.75) is 13.5 Å². The van der Waals surface area contributed by atoms with Gasteiger partial charge in [0.25, 0.3) is 11.5 Å². The highest BCUT2D eigenvalue weighted by atomic mass is 32.2. The number of methoxy groups -OCH3 is 1. The first-order valence-corrected chi connectivity index (χ1v) is 14.7. The molecule has 2 aliphatic rings. The highest BCUT2D eigenvalue weighted by Crippen LogP contribution is 2.35. The number of aromatic nitrogens is 2. The minimum atomic E-state index is -0.268. The third-order valence-corrected chi connectivity index (χ3v) is 8.86. The molecule has 1 amide bonds. The first kappa shape index (κ1) is 27.9. The number of rotatable bonds is 6. The van der Waals surface area contributed by atoms with Crippen molar-refractivity contribution in [3.63, 3.8) is 0 Å². The van der Waals surface area contributed by atoms with E-state index in [0.29, 0.717) is 64.7 Å². The van der Waals surface area contributed by atoms with Crippen molar-refractivity contribution < 1.29 is 13.9 Å². The molecule has 2 saturated heterocycles. The molecule has 0 saturated carbocycles. The topological polar surface area (TPSA) is 70.4 Å². The smallest absolute Gasteiger partial charge is 0.267 e. The van der Waals surface area contributed by atoms with Crippen LogP contribution in [-0.4, -0.2) is 57.8 Å². The minimum absolute atomic E-state index is 0.259. The number of para-hydroxylation sites is 1. The molecule has 11 heteroatoms. The van der Waals surface area contributed by atoms with Crippen molar-refractivity contribution in [2.75, 3.05) is 43.1 Å². The van der Waals surface area contributed by atoms with Crippen LogP contribution in [0.5, 0.6) is 5.75 Å². The number of fused-ring (bicyclic) bond motifs is 1. The number of aryl methyl sites for hydroxylation is 1. The van der Waals surface area contributed by atoms with E-state index < -0.39 is 0 Å². The Morgan fingerprint density at radius 2 is 1.71 bits per heavy atom. The number of hydrogen-bond acceptors (Lipinski definition) is 8. The van der Waals surface area contributed by atoms with Crippen molar-refractivity contribution in [1.82, 2.24) is 14.3 Å². The van der Waals surface area contributed by atoms with Crippen LogP contribution in [0.15, 0.2) is 76.6 Å². The summed E-state index contributed by atoms with van der Waals surface area (Å²) in [7, 11) is 1.60. The molecule has 0 atom stereocenters. The Morgan fingerprint density at radius 3 is 2.43 bits per heavy atom. The van der Waals surface area contributed by atoms with Gasteiger partial charge >= 0.3 is 0 Å². The second kappa shape index (κ2) is 11.6. The molecule has 2 aliphatic heterocycles. The maximum absolute atomic E-state index is 14.5. The molecule has 214 valence electrons. The van der Waals surface area contributed by atoms with Crippen molar-refractivity contribution >= 4 is 57.4 Å². The SMILES string of the molecule is COc1ccc(CN2C(=O)C(=Cc3c(N4CCN(c5ccccc5F)CC4)nc4c(C)cccn4c3=O)SC2=S)cc1. The predicted octanol–water partition coefficient (Wildman–Crippen LogP) is 4.88. The first-order valence-electron chi connectivity index (χ1n) is 13.5. The van der Waals surface area contributed by atoms with Crippen LogP contribution in [0.1, 0.15) is 16.7 Å². The van der Waals surface area contributed by atoms with Gasteiger partial charge < -0.3 is 14.5 Å². The average Bonchev–Trinajstić information content (AvgIpc) is 3.27. The number of thioether (sulfide) groups is 1. The second-order valence-corrected chi connectivity index (χ2v) is 11.8. The predicted molar refractivity (Wildman–Crippen MR) is 169 cm³/mol. The summed E-state index contributed by atoms with van der Waals surface area (Å²) in [5.41, 5.74) is 2.93. The van der Waals surface area contributed by atoms with Gasteiger partial charge in [0.05, 0.1) is 29.8 Å². The van der Waals surface area contributed by atoms with Crippen molar-refractivity contribution in [1.29, 1.82) is 0 Å². The van der Waals surface area contributed by atoms with E-state index in [1.807, 2.05) is 53.1 Å². The van der Waals surface area contributed by atoms with E-state index in [2.05, 4.69) is 0 Å². The molecule has 8 nitrogen and oxygen atoms in total. The lowest BCUT2D eigenvalue weighted by atomic mass is 10.2. The van der Waals surface area contributed by atoms with E-state index >= 15 is 0 Å². The van der Waals surface area contributed by atoms with Crippen LogP contribution in [0, 0.1) is 12.7 Å². The molecule has 0 spiro atoms. The van der Waals surface area contributed by atoms with Crippen LogP contribution >= 0.6 is 24.0 Å². The molecular weight excluding hydrogens is 574 g/mol. The monoisotopic (exact) mass is 601 g/mol. The Bertz CT molecular complexity index is 1780. The maximum Gasteiger partial charge on any atom is 0.267 e. The van der Waals surface area contributed by atoms with Crippen LogP contribution < -0.4 is 20.1 Å². The first-order chi connectivity index (χ1) is 20.3. The molecule has 4 aromatic rings. The Hall–Kier alpha value is -4.22. The van der Waals surface area contributed by atoms with Crippen LogP contribution in [0.3, 0.4) is 0 Å². The molecule has 2 aromatic carbocycles. The Balaban J connectivity index is 1.34. The zero-order chi connectivity index (χ0) is 29.4. The lowest BCUT2D eigenvalue weighted by Gasteiger charge is -2.37. The number of carbonyl (C=O) groups is 1. The third-order valence-electron chi connectivity index (χ3n) is 7.49. The summed E-state index contributed by atoms with van der Waals surface area (Å²) in [5.74, 6) is 0.708. The number of hydrogen-bond donors (Lipinski definition) is 0. The number of halogens is 1. The van der Waals surface area contributed by atoms with Gasteiger partial charge in [-0.25, -0.2) is 9.37 Å². The van der Waals surface area contributed by atoms with Gasteiger partial charge in [0.1, 0.15) is 27.4 Å². The lowest BCUT2D eigenvalue weighted by Crippen LogP contribution is -2.47. The van der Waals surface area contributed by atoms with Crippen LogP contribution in [-0.2, 0) is 11.3 Å². The van der Waals surface area contributed by atoms with E-state index in [-0.39, 0.29) is 17.3 Å². The zero-order valence-electron chi connectivity index (χ0n) is 23.1. The van der Waals surface area contributed by atoms with E-state index in [0.717, 1.165) is 16.9 Å². The Labute approximate surface area is 252 Å². The zero-order valence-corrected chi connectivity index (χ0v) is 24.8. The fourth-order valence-electron chi connectivity index (χ4n) is 5.22. The van der Waals surface area contributed by atoms with Crippen LogP contribution in [0.25, 0.3) is 11.7 Å². The highest BCUT2D eigenvalue weighted by molar-refractivity contribution is 8.26. The van der Waals surface area contributed by atoms with Crippen molar-refractivity contribution in [3.8, 4) is 5.75 Å². The molecule has 4 heterocycles. The Morgan fingerprint density at radius 1 is 1.00 bits per heavy atom. The van der Waals surface area contributed by atoms with Gasteiger partial charge in [-0.15, -0.1) is 0 Å². The van der Waals surface area contributed by atoms with Gasteiger partial charge in [-0.1, -0.05) is 54.3 Å². The van der Waals surface area contributed by atoms with Gasteiger partial charge in [0, 0.05) is 32.4 Å². The Kier molecular flexibility index (Phi) is 7.70. The average molecular weight is 602 g/mol. The van der Waals surface area contributed by atoms with E-state index in [1.54, 1.807) is 37.6 Å². The molecule has 2 aromatic heterocycles. The second-order valence-electron chi connectivity index (χ2n) is 10.1. The number of amides is 1. The molecule has 42 heavy (non-hydrogen) atoms. The number of thiocarbonyl (C=S) groups is 1. The molecule has 0 unspecified atom stereocenters. The molecule has 2 fully saturated rings. The number of benzene rings is 2. The largest absolute Gasteiger partial charge is 0.497 e. The van der Waals surface area contributed by atoms with E-state index in [4.69, 9.17) is 21.9 Å². The summed E-state index contributed by atoms with van der Waals surface area (Å²) in [6.45, 7) is 4.39. The molecule has 6 rings (SSSR count).